The standard InChI is InChI=1S/C18H27BrN4O2/c1-4-22(5-2)18(25)23-10-8-21(9-11-23)13-17(24)20-16-7-6-15(19)12-14(16)3/h6-7,12H,4-5,8-11,13H2,1-3H3,(H,20,24). The summed E-state index contributed by atoms with van der Waals surface area (Å²) in [4.78, 5) is 30.4. The largest absolute Gasteiger partial charge is 0.325 e. The van der Waals surface area contributed by atoms with Crippen LogP contribution in [0.2, 0.25) is 0 Å². The van der Waals surface area contributed by atoms with Crippen molar-refractivity contribution in [2.24, 2.45) is 0 Å². The number of nitrogens with zero attached hydrogens (tertiary/aromatic N) is 3. The van der Waals surface area contributed by atoms with Crippen molar-refractivity contribution in [1.29, 1.82) is 0 Å². The molecular weight excluding hydrogens is 384 g/mol. The van der Waals surface area contributed by atoms with Gasteiger partial charge in [-0.2, -0.15) is 0 Å². The van der Waals surface area contributed by atoms with E-state index in [4.69, 9.17) is 0 Å². The lowest BCUT2D eigenvalue weighted by Gasteiger charge is -2.36. The molecule has 0 saturated carbocycles. The van der Waals surface area contributed by atoms with E-state index < -0.39 is 0 Å². The number of anilines is 1. The number of carbonyl (C=O) groups is 2. The second-order valence-electron chi connectivity index (χ2n) is 6.23. The third-order valence-electron chi connectivity index (χ3n) is 4.51. The first-order chi connectivity index (χ1) is 11.9. The first-order valence-electron chi connectivity index (χ1n) is 8.76. The van der Waals surface area contributed by atoms with Gasteiger partial charge in [-0.15, -0.1) is 0 Å². The van der Waals surface area contributed by atoms with Gasteiger partial charge in [0, 0.05) is 49.4 Å². The highest BCUT2D eigenvalue weighted by Crippen LogP contribution is 2.20. The van der Waals surface area contributed by atoms with Gasteiger partial charge in [-0.3, -0.25) is 9.69 Å². The summed E-state index contributed by atoms with van der Waals surface area (Å²) < 4.78 is 0.997. The molecule has 0 aromatic heterocycles. The van der Waals surface area contributed by atoms with Crippen LogP contribution in [0.15, 0.2) is 22.7 Å². The fourth-order valence-corrected chi connectivity index (χ4v) is 3.43. The molecule has 3 amide bonds. The van der Waals surface area contributed by atoms with Crippen LogP contribution in [0.5, 0.6) is 0 Å². The lowest BCUT2D eigenvalue weighted by Crippen LogP contribution is -2.53. The zero-order chi connectivity index (χ0) is 18.4. The van der Waals surface area contributed by atoms with Crippen LogP contribution >= 0.6 is 15.9 Å². The van der Waals surface area contributed by atoms with E-state index in [-0.39, 0.29) is 11.9 Å². The molecule has 1 heterocycles. The first-order valence-corrected chi connectivity index (χ1v) is 9.56. The van der Waals surface area contributed by atoms with Crippen LogP contribution < -0.4 is 5.32 Å². The lowest BCUT2D eigenvalue weighted by atomic mass is 10.2. The zero-order valence-corrected chi connectivity index (χ0v) is 16.8. The van der Waals surface area contributed by atoms with Crippen molar-refractivity contribution < 1.29 is 9.59 Å². The summed E-state index contributed by atoms with van der Waals surface area (Å²) in [5.74, 6) is -0.0195. The van der Waals surface area contributed by atoms with Crippen molar-refractivity contribution in [2.75, 3.05) is 51.1 Å². The predicted octanol–water partition coefficient (Wildman–Crippen LogP) is 2.78. The Balaban J connectivity index is 1.81. The zero-order valence-electron chi connectivity index (χ0n) is 15.2. The molecule has 0 spiro atoms. The second-order valence-corrected chi connectivity index (χ2v) is 7.14. The van der Waals surface area contributed by atoms with E-state index in [9.17, 15) is 9.59 Å². The van der Waals surface area contributed by atoms with Gasteiger partial charge in [-0.25, -0.2) is 4.79 Å². The van der Waals surface area contributed by atoms with Gasteiger partial charge in [0.2, 0.25) is 5.91 Å². The van der Waals surface area contributed by atoms with E-state index in [0.717, 1.165) is 41.9 Å². The summed E-state index contributed by atoms with van der Waals surface area (Å²) >= 11 is 3.42. The van der Waals surface area contributed by atoms with Crippen LogP contribution in [0.1, 0.15) is 19.4 Å². The number of amides is 3. The van der Waals surface area contributed by atoms with Crippen LogP contribution in [0.4, 0.5) is 10.5 Å². The number of piperazine rings is 1. The predicted molar refractivity (Wildman–Crippen MR) is 104 cm³/mol. The Morgan fingerprint density at radius 1 is 1.16 bits per heavy atom. The highest BCUT2D eigenvalue weighted by atomic mass is 79.9. The number of halogens is 1. The van der Waals surface area contributed by atoms with E-state index >= 15 is 0 Å². The van der Waals surface area contributed by atoms with Crippen molar-refractivity contribution >= 4 is 33.6 Å². The molecule has 6 nitrogen and oxygen atoms in total. The molecule has 1 fully saturated rings. The summed E-state index contributed by atoms with van der Waals surface area (Å²) in [5, 5.41) is 2.96. The molecule has 1 saturated heterocycles. The van der Waals surface area contributed by atoms with E-state index in [1.54, 1.807) is 0 Å². The van der Waals surface area contributed by atoms with Gasteiger partial charge in [-0.1, -0.05) is 15.9 Å². The third kappa shape index (κ3) is 5.44. The minimum atomic E-state index is -0.0195. The maximum atomic E-state index is 12.3. The van der Waals surface area contributed by atoms with Crippen molar-refractivity contribution in [3.05, 3.63) is 28.2 Å². The summed E-state index contributed by atoms with van der Waals surface area (Å²) in [6.45, 7) is 10.5. The summed E-state index contributed by atoms with van der Waals surface area (Å²) in [5.41, 5.74) is 1.86. The Bertz CT molecular complexity index is 611. The molecule has 0 atom stereocenters. The van der Waals surface area contributed by atoms with Crippen LogP contribution in [0.3, 0.4) is 0 Å². The topological polar surface area (TPSA) is 55.9 Å². The molecule has 0 aliphatic carbocycles. The quantitative estimate of drug-likeness (QED) is 0.811. The maximum absolute atomic E-state index is 12.3. The average Bonchev–Trinajstić information content (AvgIpc) is 2.59. The van der Waals surface area contributed by atoms with Gasteiger partial charge >= 0.3 is 6.03 Å². The Labute approximate surface area is 158 Å². The van der Waals surface area contributed by atoms with Gasteiger partial charge in [0.25, 0.3) is 0 Å². The number of urea groups is 1. The molecular formula is C18H27BrN4O2. The summed E-state index contributed by atoms with van der Waals surface area (Å²) in [7, 11) is 0. The Kier molecular flexibility index (Phi) is 7.25. The maximum Gasteiger partial charge on any atom is 0.320 e. The van der Waals surface area contributed by atoms with Crippen molar-refractivity contribution in [1.82, 2.24) is 14.7 Å². The van der Waals surface area contributed by atoms with Crippen molar-refractivity contribution in [2.45, 2.75) is 20.8 Å². The van der Waals surface area contributed by atoms with Crippen LogP contribution in [-0.2, 0) is 4.79 Å². The summed E-state index contributed by atoms with van der Waals surface area (Å²) in [6.07, 6.45) is 0. The minimum Gasteiger partial charge on any atom is -0.325 e. The molecule has 0 bridgehead atoms. The van der Waals surface area contributed by atoms with Crippen LogP contribution in [0.25, 0.3) is 0 Å². The normalized spacial score (nSPS) is 15.1. The fourth-order valence-electron chi connectivity index (χ4n) is 2.95. The molecule has 1 aliphatic rings. The first kappa shape index (κ1) is 19.7. The third-order valence-corrected chi connectivity index (χ3v) is 5.00. The van der Waals surface area contributed by atoms with Crippen LogP contribution in [0, 0.1) is 6.92 Å². The SMILES string of the molecule is CCN(CC)C(=O)N1CCN(CC(=O)Nc2ccc(Br)cc2C)CC1. The average molecular weight is 411 g/mol. The van der Waals surface area contributed by atoms with Gasteiger partial charge in [0.05, 0.1) is 6.54 Å². The number of carbonyl (C=O) groups excluding carboxylic acids is 2. The van der Waals surface area contributed by atoms with Gasteiger partial charge in [0.1, 0.15) is 0 Å². The fraction of sp³-hybridized carbons (Fsp3) is 0.556. The van der Waals surface area contributed by atoms with Crippen LogP contribution in [-0.4, -0.2) is 72.5 Å². The molecule has 1 aromatic carbocycles. The van der Waals surface area contributed by atoms with Crippen molar-refractivity contribution in [3.63, 3.8) is 0 Å². The number of hydrogen-bond acceptors (Lipinski definition) is 3. The summed E-state index contributed by atoms with van der Waals surface area (Å²) in [6, 6.07) is 5.89. The number of nitrogens with one attached hydrogen (secondary N) is 1. The molecule has 138 valence electrons. The lowest BCUT2D eigenvalue weighted by molar-refractivity contribution is -0.117. The van der Waals surface area contributed by atoms with E-state index in [2.05, 4.69) is 26.1 Å². The van der Waals surface area contributed by atoms with Gasteiger partial charge < -0.3 is 15.1 Å². The molecule has 0 unspecified atom stereocenters. The van der Waals surface area contributed by atoms with Gasteiger partial charge in [0.15, 0.2) is 0 Å². The minimum absolute atomic E-state index is 0.0195. The smallest absolute Gasteiger partial charge is 0.320 e. The Hall–Kier alpha value is -1.60. The van der Waals surface area contributed by atoms with Gasteiger partial charge in [-0.05, 0) is 44.5 Å². The Morgan fingerprint density at radius 2 is 1.80 bits per heavy atom. The number of aryl methyl sites for hydroxylation is 1. The molecule has 1 N–H and O–H groups in total. The molecule has 25 heavy (non-hydrogen) atoms. The molecule has 2 rings (SSSR count). The monoisotopic (exact) mass is 410 g/mol. The van der Waals surface area contributed by atoms with E-state index in [1.165, 1.54) is 0 Å². The van der Waals surface area contributed by atoms with Crippen molar-refractivity contribution in [3.8, 4) is 0 Å². The number of rotatable bonds is 5. The molecule has 1 aromatic rings. The van der Waals surface area contributed by atoms with E-state index in [0.29, 0.717) is 19.6 Å². The molecule has 1 aliphatic heterocycles. The number of hydrogen-bond donors (Lipinski definition) is 1. The second kappa shape index (κ2) is 9.20. The highest BCUT2D eigenvalue weighted by Gasteiger charge is 2.24. The molecule has 0 radical (unpaired) electrons. The number of benzene rings is 1. The van der Waals surface area contributed by atoms with E-state index in [1.807, 2.05) is 48.8 Å². The Morgan fingerprint density at radius 3 is 2.36 bits per heavy atom. The highest BCUT2D eigenvalue weighted by molar-refractivity contribution is 9.10. The molecule has 7 heteroatoms.